The van der Waals surface area contributed by atoms with Crippen molar-refractivity contribution in [2.75, 3.05) is 16.0 Å². The van der Waals surface area contributed by atoms with Crippen molar-refractivity contribution < 1.29 is 130 Å². The molecule has 0 saturated carbocycles. The van der Waals surface area contributed by atoms with Gasteiger partial charge in [0.1, 0.15) is 31.6 Å². The van der Waals surface area contributed by atoms with Gasteiger partial charge >= 0.3 is 87.0 Å². The number of carbonyl (C=O) groups excluding carboxylic acids is 1. The molecule has 0 radical (unpaired) electrons. The number of nitrogens with zero attached hydrogens (tertiary/aromatic N) is 4. The molecule has 6 aromatic rings. The van der Waals surface area contributed by atoms with Crippen molar-refractivity contribution >= 4 is 82.9 Å². The molecule has 1 atom stereocenters. The summed E-state index contributed by atoms with van der Waals surface area (Å²) in [6, 6.07) is 15.9. The molecule has 2 aromatic heterocycles. The van der Waals surface area contributed by atoms with E-state index in [0.717, 1.165) is 24.3 Å². The fourth-order valence-electron chi connectivity index (χ4n) is 5.86. The first-order valence-corrected chi connectivity index (χ1v) is 18.8. The zero-order valence-corrected chi connectivity index (χ0v) is 36.5. The van der Waals surface area contributed by atoms with Crippen LogP contribution in [0.15, 0.2) is 93.4 Å². The van der Waals surface area contributed by atoms with Crippen molar-refractivity contribution in [3.8, 4) is 22.9 Å². The molecule has 4 N–H and O–H groups in total. The van der Waals surface area contributed by atoms with Gasteiger partial charge in [0, 0.05) is 29.8 Å². The fourth-order valence-corrected chi connectivity index (χ4v) is 7.26. The summed E-state index contributed by atoms with van der Waals surface area (Å²) in [5.74, 6) is -1.82. The smallest absolute Gasteiger partial charge is 0.744 e. The molecule has 24 heteroatoms. The van der Waals surface area contributed by atoms with Crippen LogP contribution in [0.2, 0.25) is 0 Å². The van der Waals surface area contributed by atoms with Gasteiger partial charge in [-0.15, -0.1) is 0 Å². The number of benzene rings is 4. The predicted octanol–water partition coefficient (Wildman–Crippen LogP) is -3.14. The summed E-state index contributed by atoms with van der Waals surface area (Å²) >= 11 is -3.13. The number of aryl methyl sites for hydroxylation is 1. The van der Waals surface area contributed by atoms with Crippen LogP contribution in [0.25, 0.3) is 22.0 Å². The Balaban J connectivity index is 0.00000300. The van der Waals surface area contributed by atoms with Gasteiger partial charge in [-0.2, -0.15) is 15.0 Å². The number of aromatic hydroxyl groups is 1. The standard InChI is InChI=1S/C32H23N7O12S3.K.Na/c1-39-23-9-8-20(28-27(23)19(14-26(39)40)17-4-2-3-5-18(17)29(28)41)34-22-12-15(6-11-25(22)54(48,49)50)33-30-36-31(38-32(42)37-30)35-21-13-16(53(45,46)47)7-10-24(21)51-52(43)44;;/h2-14,34H,1H3,(H,43,44)(H,45,46,47)(H,48,49,50)(H3,33,35,36,37,38,42);;/q;2*+1/p-3. The normalized spacial score (nSPS) is 12.5. The van der Waals surface area contributed by atoms with E-state index in [1.54, 1.807) is 30.3 Å². The van der Waals surface area contributed by atoms with Crippen molar-refractivity contribution in [1.82, 2.24) is 19.5 Å². The maximum atomic E-state index is 14.0. The molecule has 1 aliphatic carbocycles. The maximum Gasteiger partial charge on any atom is 1.00 e. The zero-order chi connectivity index (χ0) is 38.7. The summed E-state index contributed by atoms with van der Waals surface area (Å²) in [5.41, 5.74) is 0.946. The molecule has 19 nitrogen and oxygen atoms in total. The second kappa shape index (κ2) is 16.7. The molecule has 0 fully saturated rings. The van der Waals surface area contributed by atoms with Crippen LogP contribution >= 0.6 is 0 Å². The third kappa shape index (κ3) is 8.75. The van der Waals surface area contributed by atoms with Gasteiger partial charge < -0.3 is 43.5 Å². The van der Waals surface area contributed by atoms with Crippen LogP contribution in [-0.4, -0.2) is 65.1 Å². The van der Waals surface area contributed by atoms with Crippen molar-refractivity contribution in [1.29, 1.82) is 0 Å². The van der Waals surface area contributed by atoms with Gasteiger partial charge in [0.25, 0.3) is 5.56 Å². The van der Waals surface area contributed by atoms with Gasteiger partial charge in [0.05, 0.1) is 37.9 Å². The van der Waals surface area contributed by atoms with Crippen LogP contribution in [0, 0.1) is 0 Å². The third-order valence-electron chi connectivity index (χ3n) is 8.14. The van der Waals surface area contributed by atoms with Crippen LogP contribution in [0.3, 0.4) is 0 Å². The van der Waals surface area contributed by atoms with Crippen LogP contribution in [0.1, 0.15) is 15.9 Å². The largest absolute Gasteiger partial charge is 1.00 e. The van der Waals surface area contributed by atoms with E-state index < -0.39 is 76.5 Å². The Morgan fingerprint density at radius 2 is 1.45 bits per heavy atom. The fraction of sp³-hybridized carbons (Fsp3) is 0.0312. The molecular weight excluding hydrogens is 833 g/mol. The molecule has 1 unspecified atom stereocenters. The molecule has 0 bridgehead atoms. The Kier molecular flexibility index (Phi) is 12.9. The first-order chi connectivity index (χ1) is 25.5. The Hall–Kier alpha value is -3.66. The summed E-state index contributed by atoms with van der Waals surface area (Å²) in [6.45, 7) is 0. The van der Waals surface area contributed by atoms with E-state index in [1.807, 2.05) is 0 Å². The van der Waals surface area contributed by atoms with Gasteiger partial charge in [-0.1, -0.05) is 24.3 Å². The van der Waals surface area contributed by atoms with Crippen molar-refractivity contribution in [2.24, 2.45) is 7.05 Å². The average molecular weight is 853 g/mol. The van der Waals surface area contributed by atoms with E-state index in [0.29, 0.717) is 27.6 Å². The number of anilines is 6. The minimum Gasteiger partial charge on any atom is -0.744 e. The summed E-state index contributed by atoms with van der Waals surface area (Å²) in [4.78, 5) is 36.8. The second-order valence-corrected chi connectivity index (χ2v) is 14.7. The predicted molar refractivity (Wildman–Crippen MR) is 188 cm³/mol. The molecule has 7 rings (SSSR count). The number of aromatic nitrogens is 4. The van der Waals surface area contributed by atoms with E-state index >= 15 is 0 Å². The third-order valence-corrected chi connectivity index (χ3v) is 10.2. The molecule has 0 aliphatic heterocycles. The van der Waals surface area contributed by atoms with Gasteiger partial charge in [0.15, 0.2) is 11.5 Å². The Bertz CT molecular complexity index is 2920. The topological polar surface area (TPSA) is 298 Å². The minimum absolute atomic E-state index is 0. The second-order valence-electron chi connectivity index (χ2n) is 11.4. The first kappa shape index (κ1) is 43.5. The van der Waals surface area contributed by atoms with E-state index in [4.69, 9.17) is 0 Å². The van der Waals surface area contributed by atoms with E-state index in [9.17, 15) is 49.4 Å². The molecule has 276 valence electrons. The molecule has 56 heavy (non-hydrogen) atoms. The molecule has 0 saturated heterocycles. The number of hydrogen-bond donors (Lipinski definition) is 4. The van der Waals surface area contributed by atoms with E-state index in [2.05, 4.69) is 35.1 Å². The van der Waals surface area contributed by atoms with E-state index in [-0.39, 0.29) is 109 Å². The Morgan fingerprint density at radius 1 is 0.768 bits per heavy atom. The molecule has 0 spiro atoms. The van der Waals surface area contributed by atoms with Crippen LogP contribution < -0.4 is 107 Å². The molecule has 2 heterocycles. The van der Waals surface area contributed by atoms with Gasteiger partial charge in [-0.25, -0.2) is 21.0 Å². The van der Waals surface area contributed by atoms with Gasteiger partial charge in [0.2, 0.25) is 11.9 Å². The number of pyridine rings is 1. The summed E-state index contributed by atoms with van der Waals surface area (Å²) in [7, 11) is -8.61. The maximum absolute atomic E-state index is 14.0. The first-order valence-electron chi connectivity index (χ1n) is 15.0. The minimum atomic E-state index is -5.13. The number of carbonyl (C=O) groups is 1. The average Bonchev–Trinajstić information content (AvgIpc) is 3.08. The molecule has 1 aliphatic rings. The van der Waals surface area contributed by atoms with Crippen molar-refractivity contribution in [2.45, 2.75) is 9.79 Å². The Morgan fingerprint density at radius 3 is 2.11 bits per heavy atom. The Labute approximate surface area is 383 Å². The molecule has 4 aromatic carbocycles. The van der Waals surface area contributed by atoms with E-state index in [1.165, 1.54) is 35.9 Å². The van der Waals surface area contributed by atoms with Crippen molar-refractivity contribution in [3.63, 3.8) is 0 Å². The molecule has 0 amide bonds. The summed E-state index contributed by atoms with van der Waals surface area (Å²) < 4.78 is 100. The number of fused-ring (bicyclic) bond motifs is 2. The monoisotopic (exact) mass is 852 g/mol. The number of nitrogens with one attached hydrogen (secondary N) is 3. The van der Waals surface area contributed by atoms with Crippen LogP contribution in [0.4, 0.5) is 34.6 Å². The quantitative estimate of drug-likeness (QED) is 0.0600. The summed E-state index contributed by atoms with van der Waals surface area (Å²) in [5, 5.41) is 18.7. The SMILES string of the molecule is Cn1c(=O)cc2c3c(c(Nc4cc(Nc5nc(O)nc(Nc6cc(S(=O)(=O)[O-])ccc6OS(=O)[O-])n5)ccc4S(=O)(=O)[O-])ccc31)C(=O)c1ccccc1-2.[K+].[Na+]. The number of hydrogen-bond acceptors (Lipinski definition) is 18. The van der Waals surface area contributed by atoms with Crippen molar-refractivity contribution in [3.05, 3.63) is 100 Å². The van der Waals surface area contributed by atoms with Crippen LogP contribution in [-0.2, 0) is 38.6 Å². The summed E-state index contributed by atoms with van der Waals surface area (Å²) in [6.07, 6.45) is 0. The number of rotatable bonds is 10. The van der Waals surface area contributed by atoms with Gasteiger partial charge in [-0.3, -0.25) is 9.59 Å². The number of ketones is 1. The molecular formula is C32H20KN7NaO12S3-. The van der Waals surface area contributed by atoms with Crippen LogP contribution in [0.5, 0.6) is 11.8 Å². The zero-order valence-electron chi connectivity index (χ0n) is 29.0. The van der Waals surface area contributed by atoms with Gasteiger partial charge in [-0.05, 0) is 59.7 Å².